The number of carbonyl (C=O) groups excluding carboxylic acids is 2. The van der Waals surface area contributed by atoms with Crippen LogP contribution < -0.4 is 19.5 Å². The van der Waals surface area contributed by atoms with Gasteiger partial charge in [0, 0.05) is 17.8 Å². The summed E-state index contributed by atoms with van der Waals surface area (Å²) in [6.07, 6.45) is 0. The van der Waals surface area contributed by atoms with Gasteiger partial charge in [0.1, 0.15) is 0 Å². The summed E-state index contributed by atoms with van der Waals surface area (Å²) in [5, 5.41) is 2.88. The fourth-order valence-corrected chi connectivity index (χ4v) is 2.20. The summed E-state index contributed by atoms with van der Waals surface area (Å²) in [6, 6.07) is 3.26. The molecule has 130 valence electrons. The van der Waals surface area contributed by atoms with Crippen molar-refractivity contribution in [2.45, 2.75) is 6.92 Å². The third-order valence-electron chi connectivity index (χ3n) is 3.26. The third kappa shape index (κ3) is 3.37. The monoisotopic (exact) mass is 337 g/mol. The van der Waals surface area contributed by atoms with Crippen molar-refractivity contribution in [1.29, 1.82) is 0 Å². The zero-order valence-corrected chi connectivity index (χ0v) is 13.9. The predicted molar refractivity (Wildman–Crippen MR) is 84.3 cm³/mol. The van der Waals surface area contributed by atoms with Gasteiger partial charge in [0.05, 0.1) is 27.9 Å². The molecular weight excluding hydrogens is 318 g/mol. The molecule has 1 aliphatic rings. The van der Waals surface area contributed by atoms with E-state index in [9.17, 15) is 9.59 Å². The van der Waals surface area contributed by atoms with Gasteiger partial charge in [-0.25, -0.2) is 4.79 Å². The van der Waals surface area contributed by atoms with Gasteiger partial charge in [-0.3, -0.25) is 4.79 Å². The summed E-state index contributed by atoms with van der Waals surface area (Å²) in [5.74, 6) is 0.128. The van der Waals surface area contributed by atoms with E-state index >= 15 is 0 Å². The number of anilines is 1. The van der Waals surface area contributed by atoms with Gasteiger partial charge in [0.25, 0.3) is 0 Å². The highest BCUT2D eigenvalue weighted by atomic mass is 16.5. The van der Waals surface area contributed by atoms with Gasteiger partial charge in [0.15, 0.2) is 23.7 Å². The lowest BCUT2D eigenvalue weighted by atomic mass is 10.2. The van der Waals surface area contributed by atoms with E-state index < -0.39 is 11.8 Å². The quantitative estimate of drug-likeness (QED) is 0.591. The van der Waals surface area contributed by atoms with Crippen molar-refractivity contribution in [2.24, 2.45) is 0 Å². The minimum Gasteiger partial charge on any atom is -0.493 e. The first kappa shape index (κ1) is 17.5. The minimum atomic E-state index is -0.727. The second-order valence-corrected chi connectivity index (χ2v) is 4.68. The molecular formula is C16H19NO7. The fraction of sp³-hybridized carbons (Fsp3) is 0.375. The zero-order valence-electron chi connectivity index (χ0n) is 13.9. The predicted octanol–water partition coefficient (Wildman–Crippen LogP) is 1.50. The number of esters is 1. The molecule has 1 aromatic carbocycles. The number of rotatable bonds is 7. The molecule has 2 rings (SSSR count). The van der Waals surface area contributed by atoms with Crippen LogP contribution >= 0.6 is 0 Å². The van der Waals surface area contributed by atoms with Crippen LogP contribution in [0.25, 0.3) is 0 Å². The average Bonchev–Trinajstić information content (AvgIpc) is 2.94. The van der Waals surface area contributed by atoms with E-state index in [4.69, 9.17) is 23.7 Å². The molecule has 8 nitrogen and oxygen atoms in total. The van der Waals surface area contributed by atoms with Crippen molar-refractivity contribution in [3.8, 4) is 17.2 Å². The maximum Gasteiger partial charge on any atom is 0.347 e. The number of benzene rings is 1. The van der Waals surface area contributed by atoms with Crippen LogP contribution in [-0.2, 0) is 19.1 Å². The Kier molecular flexibility index (Phi) is 5.51. The van der Waals surface area contributed by atoms with Gasteiger partial charge in [0.2, 0.25) is 17.4 Å². The molecule has 0 saturated carbocycles. The number of nitrogens with one attached hydrogen (secondary N) is 1. The number of hydrogen-bond donors (Lipinski definition) is 1. The lowest BCUT2D eigenvalue weighted by molar-refractivity contribution is -0.139. The molecule has 24 heavy (non-hydrogen) atoms. The molecule has 0 unspecified atom stereocenters. The van der Waals surface area contributed by atoms with Crippen LogP contribution in [0.2, 0.25) is 0 Å². The van der Waals surface area contributed by atoms with Crippen LogP contribution in [0.1, 0.15) is 6.92 Å². The minimum absolute atomic E-state index is 0.0349. The molecule has 0 spiro atoms. The Bertz CT molecular complexity index is 656. The van der Waals surface area contributed by atoms with Crippen molar-refractivity contribution in [3.05, 3.63) is 23.6 Å². The molecule has 0 fully saturated rings. The molecule has 0 atom stereocenters. The number of methoxy groups -OCH3 is 3. The van der Waals surface area contributed by atoms with Crippen molar-refractivity contribution in [2.75, 3.05) is 39.9 Å². The Labute approximate surface area is 139 Å². The van der Waals surface area contributed by atoms with E-state index in [1.54, 1.807) is 19.1 Å². The summed E-state index contributed by atoms with van der Waals surface area (Å²) in [5.41, 5.74) is 0.349. The van der Waals surface area contributed by atoms with Crippen LogP contribution in [0.3, 0.4) is 0 Å². The van der Waals surface area contributed by atoms with E-state index in [0.717, 1.165) is 0 Å². The van der Waals surface area contributed by atoms with E-state index in [1.165, 1.54) is 21.3 Å². The number of hydrogen-bond acceptors (Lipinski definition) is 8. The van der Waals surface area contributed by atoms with Gasteiger partial charge in [-0.15, -0.1) is 0 Å². The standard InChI is InChI=1S/C16H19NO7/c1-5-23-16(19)13-10(18)8-24-15(13)17-9-6-11(20-2)14(22-4)12(7-9)21-3/h6-7,17H,5,8H2,1-4H3. The summed E-state index contributed by atoms with van der Waals surface area (Å²) in [7, 11) is 4.47. The van der Waals surface area contributed by atoms with Crippen molar-refractivity contribution in [3.63, 3.8) is 0 Å². The van der Waals surface area contributed by atoms with Crippen LogP contribution in [-0.4, -0.2) is 46.3 Å². The first-order valence-electron chi connectivity index (χ1n) is 7.20. The van der Waals surface area contributed by atoms with E-state index in [1.807, 2.05) is 0 Å². The smallest absolute Gasteiger partial charge is 0.347 e. The summed E-state index contributed by atoms with van der Waals surface area (Å²) >= 11 is 0. The van der Waals surface area contributed by atoms with Crippen molar-refractivity contribution in [1.82, 2.24) is 0 Å². The van der Waals surface area contributed by atoms with Gasteiger partial charge < -0.3 is 29.0 Å². The van der Waals surface area contributed by atoms with Crippen LogP contribution in [0.15, 0.2) is 23.6 Å². The molecule has 0 radical (unpaired) electrons. The summed E-state index contributed by atoms with van der Waals surface area (Å²) < 4.78 is 25.9. The van der Waals surface area contributed by atoms with Crippen LogP contribution in [0, 0.1) is 0 Å². The van der Waals surface area contributed by atoms with Crippen molar-refractivity contribution >= 4 is 17.4 Å². The first-order chi connectivity index (χ1) is 11.5. The van der Waals surface area contributed by atoms with E-state index in [-0.39, 0.29) is 24.7 Å². The largest absolute Gasteiger partial charge is 0.493 e. The highest BCUT2D eigenvalue weighted by Gasteiger charge is 2.32. The second-order valence-electron chi connectivity index (χ2n) is 4.68. The third-order valence-corrected chi connectivity index (χ3v) is 3.26. The Morgan fingerprint density at radius 2 is 1.79 bits per heavy atom. The Hall–Kier alpha value is -2.90. The maximum atomic E-state index is 11.9. The second kappa shape index (κ2) is 7.58. The van der Waals surface area contributed by atoms with E-state index in [0.29, 0.717) is 22.9 Å². The Balaban J connectivity index is 2.39. The van der Waals surface area contributed by atoms with E-state index in [2.05, 4.69) is 5.32 Å². The normalized spacial score (nSPS) is 13.4. The lowest BCUT2D eigenvalue weighted by Gasteiger charge is -2.15. The molecule has 0 amide bonds. The Morgan fingerprint density at radius 3 is 2.29 bits per heavy atom. The average molecular weight is 337 g/mol. The fourth-order valence-electron chi connectivity index (χ4n) is 2.20. The van der Waals surface area contributed by atoms with Gasteiger partial charge >= 0.3 is 5.97 Å². The molecule has 8 heteroatoms. The van der Waals surface area contributed by atoms with Gasteiger partial charge in [-0.05, 0) is 6.92 Å². The highest BCUT2D eigenvalue weighted by molar-refractivity contribution is 6.19. The molecule has 0 aromatic heterocycles. The molecule has 0 aliphatic carbocycles. The zero-order chi connectivity index (χ0) is 17.7. The highest BCUT2D eigenvalue weighted by Crippen LogP contribution is 2.40. The molecule has 0 saturated heterocycles. The Morgan fingerprint density at radius 1 is 1.17 bits per heavy atom. The number of carbonyl (C=O) groups is 2. The number of ether oxygens (including phenoxy) is 5. The van der Waals surface area contributed by atoms with Crippen molar-refractivity contribution < 1.29 is 33.3 Å². The number of ketones is 1. The SMILES string of the molecule is CCOC(=O)C1=C(Nc2cc(OC)c(OC)c(OC)c2)OCC1=O. The van der Waals surface area contributed by atoms with Gasteiger partial charge in [-0.2, -0.15) is 0 Å². The number of Topliss-reactive ketones (excluding diaryl/α,β-unsaturated/α-hetero) is 1. The molecule has 1 aromatic rings. The molecule has 1 aliphatic heterocycles. The molecule has 1 N–H and O–H groups in total. The van der Waals surface area contributed by atoms with Gasteiger partial charge in [-0.1, -0.05) is 0 Å². The maximum absolute atomic E-state index is 11.9. The molecule has 0 bridgehead atoms. The van der Waals surface area contributed by atoms with Crippen LogP contribution in [0.4, 0.5) is 5.69 Å². The topological polar surface area (TPSA) is 92.3 Å². The summed E-state index contributed by atoms with van der Waals surface area (Å²) in [4.78, 5) is 23.8. The summed E-state index contributed by atoms with van der Waals surface area (Å²) in [6.45, 7) is 1.60. The van der Waals surface area contributed by atoms with Crippen LogP contribution in [0.5, 0.6) is 17.2 Å². The lowest BCUT2D eigenvalue weighted by Crippen LogP contribution is -2.16. The first-order valence-corrected chi connectivity index (χ1v) is 7.20. The molecule has 1 heterocycles.